The molecule has 20 heavy (non-hydrogen) atoms. The molecule has 112 valence electrons. The Morgan fingerprint density at radius 1 is 1.35 bits per heavy atom. The van der Waals surface area contributed by atoms with Crippen molar-refractivity contribution < 1.29 is 27.1 Å². The molecular formula is C12H14F4N2O2. The molecule has 0 aromatic heterocycles. The van der Waals surface area contributed by atoms with Crippen molar-refractivity contribution in [2.75, 3.05) is 25.5 Å². The van der Waals surface area contributed by atoms with Gasteiger partial charge in [-0.15, -0.1) is 0 Å². The number of alkyl halides is 4. The predicted molar refractivity (Wildman–Crippen MR) is 65.4 cm³/mol. The maximum Gasteiger partial charge on any atom is 0.319 e. The highest BCUT2D eigenvalue weighted by atomic mass is 19.3. The Morgan fingerprint density at radius 2 is 2.00 bits per heavy atom. The van der Waals surface area contributed by atoms with Gasteiger partial charge in [-0.25, -0.2) is 8.78 Å². The number of hydrogen-bond donors (Lipinski definition) is 2. The zero-order valence-corrected chi connectivity index (χ0v) is 10.6. The Kier molecular flexibility index (Phi) is 5.75. The molecule has 1 aromatic carbocycles. The van der Waals surface area contributed by atoms with E-state index in [1.807, 2.05) is 5.32 Å². The van der Waals surface area contributed by atoms with E-state index in [0.717, 1.165) is 0 Å². The van der Waals surface area contributed by atoms with Crippen LogP contribution in [0.3, 0.4) is 0 Å². The van der Waals surface area contributed by atoms with Gasteiger partial charge in [0.05, 0.1) is 25.9 Å². The van der Waals surface area contributed by atoms with Crippen LogP contribution in [0.2, 0.25) is 0 Å². The van der Waals surface area contributed by atoms with Gasteiger partial charge >= 0.3 is 12.3 Å². The summed E-state index contributed by atoms with van der Waals surface area (Å²) >= 11 is 0. The van der Waals surface area contributed by atoms with Crippen molar-refractivity contribution in [2.45, 2.75) is 12.3 Å². The van der Waals surface area contributed by atoms with E-state index >= 15 is 0 Å². The fourth-order valence-electron chi connectivity index (χ4n) is 1.36. The normalized spacial score (nSPS) is 11.5. The minimum Gasteiger partial charge on any atom is -0.495 e. The van der Waals surface area contributed by atoms with Gasteiger partial charge in [-0.05, 0) is 12.1 Å². The van der Waals surface area contributed by atoms with Gasteiger partial charge in [0.25, 0.3) is 0 Å². The van der Waals surface area contributed by atoms with Crippen molar-refractivity contribution in [3.05, 3.63) is 24.3 Å². The summed E-state index contributed by atoms with van der Waals surface area (Å²) in [6, 6.07) is 6.50. The van der Waals surface area contributed by atoms with Gasteiger partial charge in [0.15, 0.2) is 0 Å². The fraction of sp³-hybridized carbons (Fsp3) is 0.417. The van der Waals surface area contributed by atoms with Crippen molar-refractivity contribution >= 4 is 11.6 Å². The third-order valence-electron chi connectivity index (χ3n) is 2.35. The molecule has 0 aliphatic heterocycles. The lowest BCUT2D eigenvalue weighted by Crippen LogP contribution is -2.41. The first-order chi connectivity index (χ1) is 9.36. The summed E-state index contributed by atoms with van der Waals surface area (Å²) in [6.07, 6.45) is -3.77. The molecule has 1 aromatic rings. The monoisotopic (exact) mass is 294 g/mol. The molecular weight excluding hydrogens is 280 g/mol. The van der Waals surface area contributed by atoms with Gasteiger partial charge in [-0.3, -0.25) is 4.79 Å². The number of halogens is 4. The molecule has 0 bridgehead atoms. The Hall–Kier alpha value is -1.83. The summed E-state index contributed by atoms with van der Waals surface area (Å²) in [6.45, 7) is -1.79. The van der Waals surface area contributed by atoms with Crippen LogP contribution in [0.25, 0.3) is 0 Å². The SMILES string of the molecule is COc1ccccc1NC(=O)CNCC(F)(F)C(F)F. The Labute approximate surface area is 113 Å². The van der Waals surface area contributed by atoms with Crippen LogP contribution in [0.4, 0.5) is 23.2 Å². The molecule has 0 heterocycles. The third-order valence-corrected chi connectivity index (χ3v) is 2.35. The molecule has 0 unspecified atom stereocenters. The van der Waals surface area contributed by atoms with E-state index < -0.39 is 31.3 Å². The zero-order chi connectivity index (χ0) is 15.2. The number of carbonyl (C=O) groups is 1. The number of amides is 1. The average Bonchev–Trinajstić information content (AvgIpc) is 2.39. The Bertz CT molecular complexity index is 455. The van der Waals surface area contributed by atoms with E-state index in [1.54, 1.807) is 24.3 Å². The maximum absolute atomic E-state index is 12.6. The van der Waals surface area contributed by atoms with Crippen molar-refractivity contribution in [2.24, 2.45) is 0 Å². The van der Waals surface area contributed by atoms with Gasteiger partial charge in [-0.2, -0.15) is 8.78 Å². The maximum atomic E-state index is 12.6. The quantitative estimate of drug-likeness (QED) is 0.757. The number of para-hydroxylation sites is 2. The van der Waals surface area contributed by atoms with Crippen molar-refractivity contribution in [1.29, 1.82) is 0 Å². The second kappa shape index (κ2) is 7.09. The molecule has 0 saturated heterocycles. The van der Waals surface area contributed by atoms with E-state index in [9.17, 15) is 22.4 Å². The zero-order valence-electron chi connectivity index (χ0n) is 10.6. The standard InChI is InChI=1S/C12H14F4N2O2/c1-20-9-5-3-2-4-8(9)18-10(19)6-17-7-12(15,16)11(13)14/h2-5,11,17H,6-7H2,1H3,(H,18,19). The van der Waals surface area contributed by atoms with Gasteiger partial charge in [0.2, 0.25) is 5.91 Å². The lowest BCUT2D eigenvalue weighted by Gasteiger charge is -2.16. The van der Waals surface area contributed by atoms with Gasteiger partial charge in [-0.1, -0.05) is 12.1 Å². The predicted octanol–water partition coefficient (Wildman–Crippen LogP) is 2.12. The van der Waals surface area contributed by atoms with Crippen LogP contribution in [0.1, 0.15) is 0 Å². The first-order valence-corrected chi connectivity index (χ1v) is 5.66. The molecule has 0 atom stereocenters. The Balaban J connectivity index is 2.45. The van der Waals surface area contributed by atoms with Crippen molar-refractivity contribution in [3.8, 4) is 5.75 Å². The van der Waals surface area contributed by atoms with Crippen LogP contribution in [-0.4, -0.2) is 38.5 Å². The summed E-state index contributed by atoms with van der Waals surface area (Å²) in [4.78, 5) is 11.5. The molecule has 1 rings (SSSR count). The minimum absolute atomic E-state index is 0.363. The first kappa shape index (κ1) is 16.2. The van der Waals surface area contributed by atoms with Crippen molar-refractivity contribution in [1.82, 2.24) is 5.32 Å². The number of ether oxygens (including phenoxy) is 1. The summed E-state index contributed by atoms with van der Waals surface area (Å²) in [5.41, 5.74) is 0.363. The highest BCUT2D eigenvalue weighted by molar-refractivity contribution is 5.93. The van der Waals surface area contributed by atoms with Crippen LogP contribution < -0.4 is 15.4 Å². The molecule has 0 aliphatic rings. The highest BCUT2D eigenvalue weighted by Gasteiger charge is 2.40. The molecule has 0 spiro atoms. The highest BCUT2D eigenvalue weighted by Crippen LogP contribution is 2.23. The number of methoxy groups -OCH3 is 1. The molecule has 0 aliphatic carbocycles. The van der Waals surface area contributed by atoms with Crippen LogP contribution in [0, 0.1) is 0 Å². The number of rotatable bonds is 7. The summed E-state index contributed by atoms with van der Waals surface area (Å²) in [5.74, 6) is -4.40. The van der Waals surface area contributed by atoms with Gasteiger partial charge in [0.1, 0.15) is 5.75 Å². The van der Waals surface area contributed by atoms with Gasteiger partial charge in [0, 0.05) is 0 Å². The summed E-state index contributed by atoms with van der Waals surface area (Å²) < 4.78 is 53.9. The molecule has 0 radical (unpaired) electrons. The lowest BCUT2D eigenvalue weighted by atomic mass is 10.3. The summed E-state index contributed by atoms with van der Waals surface area (Å²) in [5, 5.41) is 4.40. The number of anilines is 1. The second-order valence-corrected chi connectivity index (χ2v) is 3.91. The number of nitrogens with one attached hydrogen (secondary N) is 2. The molecule has 0 saturated carbocycles. The fourth-order valence-corrected chi connectivity index (χ4v) is 1.36. The van der Waals surface area contributed by atoms with E-state index in [0.29, 0.717) is 11.4 Å². The van der Waals surface area contributed by atoms with E-state index in [2.05, 4.69) is 5.32 Å². The van der Waals surface area contributed by atoms with Crippen LogP contribution in [-0.2, 0) is 4.79 Å². The molecule has 4 nitrogen and oxygen atoms in total. The van der Waals surface area contributed by atoms with Crippen LogP contribution in [0.15, 0.2) is 24.3 Å². The van der Waals surface area contributed by atoms with E-state index in [1.165, 1.54) is 7.11 Å². The average molecular weight is 294 g/mol. The first-order valence-electron chi connectivity index (χ1n) is 5.66. The molecule has 2 N–H and O–H groups in total. The largest absolute Gasteiger partial charge is 0.495 e. The van der Waals surface area contributed by atoms with E-state index in [4.69, 9.17) is 4.74 Å². The third kappa shape index (κ3) is 4.69. The Morgan fingerprint density at radius 3 is 2.60 bits per heavy atom. The topological polar surface area (TPSA) is 50.4 Å². The van der Waals surface area contributed by atoms with Gasteiger partial charge < -0.3 is 15.4 Å². The number of hydrogen-bond acceptors (Lipinski definition) is 3. The summed E-state index contributed by atoms with van der Waals surface area (Å²) in [7, 11) is 1.41. The van der Waals surface area contributed by atoms with Crippen LogP contribution >= 0.6 is 0 Å². The van der Waals surface area contributed by atoms with Crippen LogP contribution in [0.5, 0.6) is 5.75 Å². The smallest absolute Gasteiger partial charge is 0.319 e. The molecule has 0 fully saturated rings. The number of benzene rings is 1. The lowest BCUT2D eigenvalue weighted by molar-refractivity contribution is -0.127. The molecule has 8 heteroatoms. The number of carbonyl (C=O) groups excluding carboxylic acids is 1. The minimum atomic E-state index is -4.16. The van der Waals surface area contributed by atoms with Crippen molar-refractivity contribution in [3.63, 3.8) is 0 Å². The molecule has 1 amide bonds. The second-order valence-electron chi connectivity index (χ2n) is 3.91. The van der Waals surface area contributed by atoms with E-state index in [-0.39, 0.29) is 0 Å².